The summed E-state index contributed by atoms with van der Waals surface area (Å²) in [6.45, 7) is 5.58. The minimum atomic E-state index is -0.237. The molecule has 2 unspecified atom stereocenters. The highest BCUT2D eigenvalue weighted by atomic mass is 16.5. The second-order valence-electron chi connectivity index (χ2n) is 5.68. The van der Waals surface area contributed by atoms with Crippen LogP contribution in [0.4, 0.5) is 4.79 Å². The van der Waals surface area contributed by atoms with E-state index < -0.39 is 0 Å². The predicted molar refractivity (Wildman–Crippen MR) is 90.9 cm³/mol. The standard InChI is InChI=1S/C18H25N3O2/c1-3-10-19-18(22)20-16(4-2)17-14-21(11-12-23-17)13-15-8-6-5-7-9-15/h1,5-9,16-17H,4,10-14H2,2H3,(H2,19,20,22). The first kappa shape index (κ1) is 17.3. The van der Waals surface area contributed by atoms with Crippen LogP contribution in [0.2, 0.25) is 0 Å². The summed E-state index contributed by atoms with van der Waals surface area (Å²) in [6, 6.07) is 10.1. The normalized spacial score (nSPS) is 19.6. The summed E-state index contributed by atoms with van der Waals surface area (Å²) in [6.07, 6.45) is 5.96. The Kier molecular flexibility index (Phi) is 6.92. The molecule has 1 saturated heterocycles. The molecule has 1 aliphatic rings. The molecule has 0 spiro atoms. The first-order valence-corrected chi connectivity index (χ1v) is 8.08. The van der Waals surface area contributed by atoms with Gasteiger partial charge in [-0.15, -0.1) is 6.42 Å². The van der Waals surface area contributed by atoms with Gasteiger partial charge in [-0.3, -0.25) is 4.90 Å². The zero-order valence-corrected chi connectivity index (χ0v) is 13.6. The van der Waals surface area contributed by atoms with Gasteiger partial charge in [0.25, 0.3) is 0 Å². The van der Waals surface area contributed by atoms with Crippen molar-refractivity contribution in [1.29, 1.82) is 0 Å². The van der Waals surface area contributed by atoms with Crippen LogP contribution in [0.1, 0.15) is 18.9 Å². The topological polar surface area (TPSA) is 53.6 Å². The number of rotatable bonds is 6. The molecule has 124 valence electrons. The van der Waals surface area contributed by atoms with Crippen LogP contribution in [0.5, 0.6) is 0 Å². The Morgan fingerprint density at radius 1 is 1.48 bits per heavy atom. The first-order valence-electron chi connectivity index (χ1n) is 8.08. The highest BCUT2D eigenvalue weighted by molar-refractivity contribution is 5.74. The zero-order valence-electron chi connectivity index (χ0n) is 13.6. The van der Waals surface area contributed by atoms with Crippen molar-refractivity contribution >= 4 is 6.03 Å². The maximum absolute atomic E-state index is 11.8. The minimum Gasteiger partial charge on any atom is -0.373 e. The van der Waals surface area contributed by atoms with Crippen molar-refractivity contribution in [3.63, 3.8) is 0 Å². The van der Waals surface area contributed by atoms with Gasteiger partial charge in [0.05, 0.1) is 25.3 Å². The van der Waals surface area contributed by atoms with Crippen LogP contribution in [-0.2, 0) is 11.3 Å². The molecule has 23 heavy (non-hydrogen) atoms. The van der Waals surface area contributed by atoms with E-state index in [1.165, 1.54) is 5.56 Å². The number of hydrogen-bond acceptors (Lipinski definition) is 3. The van der Waals surface area contributed by atoms with Crippen LogP contribution >= 0.6 is 0 Å². The Morgan fingerprint density at radius 3 is 2.96 bits per heavy atom. The average molecular weight is 315 g/mol. The first-order chi connectivity index (χ1) is 11.2. The van der Waals surface area contributed by atoms with E-state index in [1.807, 2.05) is 13.0 Å². The number of ether oxygens (including phenoxy) is 1. The molecule has 0 aliphatic carbocycles. The monoisotopic (exact) mass is 315 g/mol. The second-order valence-corrected chi connectivity index (χ2v) is 5.68. The summed E-state index contributed by atoms with van der Waals surface area (Å²) >= 11 is 0. The molecule has 2 amide bonds. The van der Waals surface area contributed by atoms with E-state index in [-0.39, 0.29) is 24.7 Å². The van der Waals surface area contributed by atoms with Crippen LogP contribution in [0, 0.1) is 12.3 Å². The number of hydrogen-bond donors (Lipinski definition) is 2. The Morgan fingerprint density at radius 2 is 2.26 bits per heavy atom. The van der Waals surface area contributed by atoms with Crippen molar-refractivity contribution in [2.24, 2.45) is 0 Å². The zero-order chi connectivity index (χ0) is 16.5. The number of urea groups is 1. The van der Waals surface area contributed by atoms with Gasteiger partial charge in [-0.25, -0.2) is 4.79 Å². The number of benzene rings is 1. The third kappa shape index (κ3) is 5.59. The highest BCUT2D eigenvalue weighted by Gasteiger charge is 2.28. The van der Waals surface area contributed by atoms with Crippen LogP contribution in [0.25, 0.3) is 0 Å². The molecule has 0 radical (unpaired) electrons. The number of nitrogens with zero attached hydrogens (tertiary/aromatic N) is 1. The number of amides is 2. The predicted octanol–water partition coefficient (Wildman–Crippen LogP) is 1.60. The lowest BCUT2D eigenvalue weighted by atomic mass is 10.1. The van der Waals surface area contributed by atoms with Crippen molar-refractivity contribution in [1.82, 2.24) is 15.5 Å². The van der Waals surface area contributed by atoms with E-state index in [9.17, 15) is 4.79 Å². The number of terminal acetylenes is 1. The van der Waals surface area contributed by atoms with Crippen LogP contribution in [0.3, 0.4) is 0 Å². The van der Waals surface area contributed by atoms with Crippen molar-refractivity contribution in [2.75, 3.05) is 26.2 Å². The van der Waals surface area contributed by atoms with E-state index in [1.54, 1.807) is 0 Å². The SMILES string of the molecule is C#CCNC(=O)NC(CC)C1CN(Cc2ccccc2)CCO1. The van der Waals surface area contributed by atoms with Gasteiger partial charge in [0.2, 0.25) is 0 Å². The highest BCUT2D eigenvalue weighted by Crippen LogP contribution is 2.14. The molecule has 0 saturated carbocycles. The van der Waals surface area contributed by atoms with Gasteiger partial charge in [0.15, 0.2) is 0 Å². The molecule has 0 aromatic heterocycles. The molecular formula is C18H25N3O2. The minimum absolute atomic E-state index is 0.00551. The quantitative estimate of drug-likeness (QED) is 0.784. The van der Waals surface area contributed by atoms with Gasteiger partial charge in [-0.1, -0.05) is 43.2 Å². The lowest BCUT2D eigenvalue weighted by molar-refractivity contribution is -0.0476. The number of morpholine rings is 1. The fourth-order valence-corrected chi connectivity index (χ4v) is 2.77. The molecule has 1 fully saturated rings. The summed E-state index contributed by atoms with van der Waals surface area (Å²) in [4.78, 5) is 14.2. The average Bonchev–Trinajstić information content (AvgIpc) is 2.59. The fourth-order valence-electron chi connectivity index (χ4n) is 2.77. The molecule has 1 aromatic carbocycles. The molecule has 2 atom stereocenters. The number of carbonyl (C=O) groups is 1. The molecule has 5 heteroatoms. The molecule has 5 nitrogen and oxygen atoms in total. The third-order valence-corrected chi connectivity index (χ3v) is 3.98. The summed E-state index contributed by atoms with van der Waals surface area (Å²) in [5.74, 6) is 2.39. The molecule has 1 heterocycles. The largest absolute Gasteiger partial charge is 0.373 e. The number of carbonyl (C=O) groups excluding carboxylic acids is 1. The summed E-state index contributed by atoms with van der Waals surface area (Å²) in [7, 11) is 0. The molecule has 0 bridgehead atoms. The van der Waals surface area contributed by atoms with Gasteiger partial charge >= 0.3 is 6.03 Å². The molecular weight excluding hydrogens is 290 g/mol. The van der Waals surface area contributed by atoms with Crippen molar-refractivity contribution in [3.05, 3.63) is 35.9 Å². The summed E-state index contributed by atoms with van der Waals surface area (Å²) in [5, 5.41) is 5.59. The lowest BCUT2D eigenvalue weighted by Gasteiger charge is -2.37. The van der Waals surface area contributed by atoms with Gasteiger partial charge in [0.1, 0.15) is 0 Å². The third-order valence-electron chi connectivity index (χ3n) is 3.98. The molecule has 2 N–H and O–H groups in total. The lowest BCUT2D eigenvalue weighted by Crippen LogP contribution is -2.54. The van der Waals surface area contributed by atoms with E-state index in [0.717, 1.165) is 26.1 Å². The van der Waals surface area contributed by atoms with E-state index >= 15 is 0 Å². The fraction of sp³-hybridized carbons (Fsp3) is 0.500. The second kappa shape index (κ2) is 9.19. The smallest absolute Gasteiger partial charge is 0.315 e. The molecule has 1 aromatic rings. The van der Waals surface area contributed by atoms with E-state index in [4.69, 9.17) is 11.2 Å². The van der Waals surface area contributed by atoms with Crippen molar-refractivity contribution < 1.29 is 9.53 Å². The number of nitrogens with one attached hydrogen (secondary N) is 2. The Hall–Kier alpha value is -2.03. The summed E-state index contributed by atoms with van der Waals surface area (Å²) < 4.78 is 5.88. The Bertz CT molecular complexity index is 527. The maximum atomic E-state index is 11.8. The summed E-state index contributed by atoms with van der Waals surface area (Å²) in [5.41, 5.74) is 1.29. The molecule has 2 rings (SSSR count). The van der Waals surface area contributed by atoms with Gasteiger partial charge in [-0.2, -0.15) is 0 Å². The van der Waals surface area contributed by atoms with Crippen LogP contribution in [0.15, 0.2) is 30.3 Å². The van der Waals surface area contributed by atoms with Crippen LogP contribution < -0.4 is 10.6 Å². The van der Waals surface area contributed by atoms with Crippen molar-refractivity contribution in [3.8, 4) is 12.3 Å². The Labute approximate surface area is 138 Å². The van der Waals surface area contributed by atoms with Gasteiger partial charge in [0, 0.05) is 19.6 Å². The van der Waals surface area contributed by atoms with Crippen LogP contribution in [-0.4, -0.2) is 49.3 Å². The van der Waals surface area contributed by atoms with E-state index in [2.05, 4.69) is 45.7 Å². The van der Waals surface area contributed by atoms with E-state index in [0.29, 0.717) is 6.61 Å². The van der Waals surface area contributed by atoms with Gasteiger partial charge < -0.3 is 15.4 Å². The Balaban J connectivity index is 1.88. The van der Waals surface area contributed by atoms with Crippen molar-refractivity contribution in [2.45, 2.75) is 32.0 Å². The van der Waals surface area contributed by atoms with Gasteiger partial charge in [-0.05, 0) is 12.0 Å². The maximum Gasteiger partial charge on any atom is 0.315 e. The molecule has 1 aliphatic heterocycles.